The molecule has 2 N–H and O–H groups in total. The van der Waals surface area contributed by atoms with E-state index in [1.54, 1.807) is 0 Å². The SMILES string of the molecule is C#CCNCc1nc(C)c(CO)nc1C. The molecule has 0 radical (unpaired) electrons. The standard InChI is InChI=1S/C11H15N3O/c1-4-5-12-6-10-8(2)14-11(7-15)9(3)13-10/h1,12,15H,5-7H2,2-3H3. The summed E-state index contributed by atoms with van der Waals surface area (Å²) in [7, 11) is 0. The molecule has 0 unspecified atom stereocenters. The summed E-state index contributed by atoms with van der Waals surface area (Å²) in [6.07, 6.45) is 5.12. The second kappa shape index (κ2) is 5.44. The third-order valence-corrected chi connectivity index (χ3v) is 2.11. The van der Waals surface area contributed by atoms with Crippen molar-refractivity contribution in [2.75, 3.05) is 6.54 Å². The van der Waals surface area contributed by atoms with Crippen LogP contribution in [-0.4, -0.2) is 21.6 Å². The molecule has 0 spiro atoms. The van der Waals surface area contributed by atoms with Crippen LogP contribution in [0.2, 0.25) is 0 Å². The van der Waals surface area contributed by atoms with Crippen molar-refractivity contribution in [1.82, 2.24) is 15.3 Å². The zero-order valence-electron chi connectivity index (χ0n) is 9.04. The molecule has 0 aliphatic rings. The highest BCUT2D eigenvalue weighted by molar-refractivity contribution is 5.18. The van der Waals surface area contributed by atoms with Gasteiger partial charge in [-0.2, -0.15) is 0 Å². The molecule has 4 heteroatoms. The first-order chi connectivity index (χ1) is 7.19. The Bertz CT molecular complexity index is 382. The van der Waals surface area contributed by atoms with Gasteiger partial charge in [0.1, 0.15) is 0 Å². The Hall–Kier alpha value is -1.44. The van der Waals surface area contributed by atoms with Gasteiger partial charge in [0, 0.05) is 6.54 Å². The van der Waals surface area contributed by atoms with Crippen molar-refractivity contribution < 1.29 is 5.11 Å². The van der Waals surface area contributed by atoms with E-state index in [1.165, 1.54) is 0 Å². The minimum absolute atomic E-state index is 0.0717. The Morgan fingerprint density at radius 1 is 1.27 bits per heavy atom. The van der Waals surface area contributed by atoms with Gasteiger partial charge < -0.3 is 10.4 Å². The van der Waals surface area contributed by atoms with E-state index in [2.05, 4.69) is 21.2 Å². The molecule has 0 saturated heterocycles. The number of aryl methyl sites for hydroxylation is 2. The Morgan fingerprint density at radius 2 is 1.87 bits per heavy atom. The van der Waals surface area contributed by atoms with Crippen LogP contribution in [0.3, 0.4) is 0 Å². The fraction of sp³-hybridized carbons (Fsp3) is 0.455. The number of aliphatic hydroxyl groups is 1. The summed E-state index contributed by atoms with van der Waals surface area (Å²) < 4.78 is 0. The van der Waals surface area contributed by atoms with Crippen LogP contribution in [0.15, 0.2) is 0 Å². The molecule has 80 valence electrons. The van der Waals surface area contributed by atoms with Crippen molar-refractivity contribution in [3.05, 3.63) is 22.8 Å². The van der Waals surface area contributed by atoms with Gasteiger partial charge in [0.2, 0.25) is 0 Å². The average molecular weight is 205 g/mol. The van der Waals surface area contributed by atoms with Crippen molar-refractivity contribution in [3.8, 4) is 12.3 Å². The number of nitrogens with one attached hydrogen (secondary N) is 1. The fourth-order valence-electron chi connectivity index (χ4n) is 1.27. The molecule has 0 aromatic carbocycles. The van der Waals surface area contributed by atoms with Crippen LogP contribution in [0.25, 0.3) is 0 Å². The second-order valence-corrected chi connectivity index (χ2v) is 3.25. The molecule has 0 bridgehead atoms. The zero-order chi connectivity index (χ0) is 11.3. The first kappa shape index (κ1) is 11.6. The molecule has 0 amide bonds. The Morgan fingerprint density at radius 3 is 2.47 bits per heavy atom. The maximum Gasteiger partial charge on any atom is 0.0873 e. The van der Waals surface area contributed by atoms with Gasteiger partial charge in [-0.15, -0.1) is 6.42 Å². The first-order valence-corrected chi connectivity index (χ1v) is 4.77. The first-order valence-electron chi connectivity index (χ1n) is 4.77. The molecular weight excluding hydrogens is 190 g/mol. The minimum Gasteiger partial charge on any atom is -0.390 e. The molecule has 15 heavy (non-hydrogen) atoms. The number of nitrogens with zero attached hydrogens (tertiary/aromatic N) is 2. The predicted molar refractivity (Wildman–Crippen MR) is 58.0 cm³/mol. The molecule has 0 fully saturated rings. The van der Waals surface area contributed by atoms with Gasteiger partial charge >= 0.3 is 0 Å². The van der Waals surface area contributed by atoms with Crippen molar-refractivity contribution in [2.45, 2.75) is 27.0 Å². The maximum atomic E-state index is 9.00. The third-order valence-electron chi connectivity index (χ3n) is 2.11. The molecule has 1 rings (SSSR count). The Balaban J connectivity index is 2.81. The Kier molecular flexibility index (Phi) is 4.22. The van der Waals surface area contributed by atoms with E-state index in [9.17, 15) is 0 Å². The van der Waals surface area contributed by atoms with Crippen molar-refractivity contribution in [1.29, 1.82) is 0 Å². The normalized spacial score (nSPS) is 10.0. The molecule has 1 aromatic rings. The number of aliphatic hydroxyl groups excluding tert-OH is 1. The lowest BCUT2D eigenvalue weighted by Crippen LogP contribution is -2.17. The number of rotatable bonds is 4. The molecule has 0 aliphatic carbocycles. The van der Waals surface area contributed by atoms with Gasteiger partial charge in [-0.3, -0.25) is 9.97 Å². The number of aromatic nitrogens is 2. The smallest absolute Gasteiger partial charge is 0.0873 e. The largest absolute Gasteiger partial charge is 0.390 e. The van der Waals surface area contributed by atoms with Gasteiger partial charge in [-0.05, 0) is 13.8 Å². The van der Waals surface area contributed by atoms with E-state index < -0.39 is 0 Å². The van der Waals surface area contributed by atoms with Crippen LogP contribution in [0.4, 0.5) is 0 Å². The average Bonchev–Trinajstić information content (AvgIpc) is 2.23. The molecular formula is C11H15N3O. The van der Waals surface area contributed by atoms with E-state index in [4.69, 9.17) is 11.5 Å². The zero-order valence-corrected chi connectivity index (χ0v) is 9.04. The van der Waals surface area contributed by atoms with E-state index in [-0.39, 0.29) is 6.61 Å². The molecule has 1 heterocycles. The summed E-state index contributed by atoms with van der Waals surface area (Å²) in [4.78, 5) is 8.63. The van der Waals surface area contributed by atoms with Gasteiger partial charge in [-0.1, -0.05) is 5.92 Å². The molecule has 0 saturated carbocycles. The summed E-state index contributed by atoms with van der Waals surface area (Å²) in [6.45, 7) is 4.76. The minimum atomic E-state index is -0.0717. The van der Waals surface area contributed by atoms with E-state index in [0.29, 0.717) is 18.8 Å². The topological polar surface area (TPSA) is 58.0 Å². The van der Waals surface area contributed by atoms with Crippen LogP contribution in [0.5, 0.6) is 0 Å². The van der Waals surface area contributed by atoms with Crippen LogP contribution in [0, 0.1) is 26.2 Å². The van der Waals surface area contributed by atoms with E-state index >= 15 is 0 Å². The lowest BCUT2D eigenvalue weighted by molar-refractivity contribution is 0.275. The number of hydrogen-bond donors (Lipinski definition) is 2. The summed E-state index contributed by atoms with van der Waals surface area (Å²) in [5.41, 5.74) is 3.10. The highest BCUT2D eigenvalue weighted by Gasteiger charge is 2.06. The van der Waals surface area contributed by atoms with Crippen molar-refractivity contribution in [3.63, 3.8) is 0 Å². The lowest BCUT2D eigenvalue weighted by Gasteiger charge is -2.08. The predicted octanol–water partition coefficient (Wildman–Crippen LogP) is 0.309. The van der Waals surface area contributed by atoms with Crippen molar-refractivity contribution >= 4 is 0 Å². The lowest BCUT2D eigenvalue weighted by atomic mass is 10.2. The second-order valence-electron chi connectivity index (χ2n) is 3.25. The van der Waals surface area contributed by atoms with Gasteiger partial charge in [0.15, 0.2) is 0 Å². The van der Waals surface area contributed by atoms with Crippen LogP contribution < -0.4 is 5.32 Å². The molecule has 4 nitrogen and oxygen atoms in total. The Labute approximate surface area is 89.8 Å². The summed E-state index contributed by atoms with van der Waals surface area (Å²) in [5, 5.41) is 12.1. The summed E-state index contributed by atoms with van der Waals surface area (Å²) >= 11 is 0. The number of terminal acetylenes is 1. The van der Waals surface area contributed by atoms with E-state index in [0.717, 1.165) is 17.1 Å². The third kappa shape index (κ3) is 3.01. The van der Waals surface area contributed by atoms with Gasteiger partial charge in [-0.25, -0.2) is 0 Å². The van der Waals surface area contributed by atoms with Crippen molar-refractivity contribution in [2.24, 2.45) is 0 Å². The summed E-state index contributed by atoms with van der Waals surface area (Å²) in [5.74, 6) is 2.50. The highest BCUT2D eigenvalue weighted by atomic mass is 16.3. The highest BCUT2D eigenvalue weighted by Crippen LogP contribution is 2.07. The van der Waals surface area contributed by atoms with Crippen LogP contribution in [-0.2, 0) is 13.2 Å². The maximum absolute atomic E-state index is 9.00. The molecule has 0 aliphatic heterocycles. The van der Waals surface area contributed by atoms with Crippen LogP contribution in [0.1, 0.15) is 22.8 Å². The summed E-state index contributed by atoms with van der Waals surface area (Å²) in [6, 6.07) is 0. The molecule has 1 aromatic heterocycles. The van der Waals surface area contributed by atoms with Crippen LogP contribution >= 0.6 is 0 Å². The monoisotopic (exact) mass is 205 g/mol. The fourth-order valence-corrected chi connectivity index (χ4v) is 1.27. The van der Waals surface area contributed by atoms with Gasteiger partial charge in [0.05, 0.1) is 35.9 Å². The van der Waals surface area contributed by atoms with E-state index in [1.807, 2.05) is 13.8 Å². The molecule has 0 atom stereocenters. The van der Waals surface area contributed by atoms with Gasteiger partial charge in [0.25, 0.3) is 0 Å². The quantitative estimate of drug-likeness (QED) is 0.548. The number of hydrogen-bond acceptors (Lipinski definition) is 4.